The number of hydrogen-bond acceptors (Lipinski definition) is 1. The summed E-state index contributed by atoms with van der Waals surface area (Å²) in [6.45, 7) is 7.39. The molecule has 1 atom stereocenters. The van der Waals surface area contributed by atoms with Gasteiger partial charge in [-0.1, -0.05) is 18.2 Å². The largest absolute Gasteiger partial charge is 0.299 e. The molecule has 84 valence electrons. The van der Waals surface area contributed by atoms with E-state index in [1.54, 1.807) is 13.0 Å². The highest BCUT2D eigenvalue weighted by Crippen LogP contribution is 2.42. The van der Waals surface area contributed by atoms with Crippen LogP contribution in [0.2, 0.25) is 0 Å². The summed E-state index contributed by atoms with van der Waals surface area (Å²) in [7, 11) is 0. The summed E-state index contributed by atoms with van der Waals surface area (Å²) in [5.74, 6) is -0.114. The van der Waals surface area contributed by atoms with Crippen molar-refractivity contribution in [2.45, 2.75) is 26.7 Å². The molecule has 0 N–H and O–H groups in total. The minimum absolute atomic E-state index is 0.122. The quantitative estimate of drug-likeness (QED) is 0.697. The van der Waals surface area contributed by atoms with Gasteiger partial charge in [0.25, 0.3) is 0 Å². The molecular formula is C14H15FO. The smallest absolute Gasteiger partial charge is 0.140 e. The molecule has 0 amide bonds. The Bertz CT molecular complexity index is 460. The first kappa shape index (κ1) is 11.1. The summed E-state index contributed by atoms with van der Waals surface area (Å²) >= 11 is 0. The molecule has 0 saturated heterocycles. The molecule has 2 heteroatoms. The normalized spacial score (nSPS) is 22.9. The van der Waals surface area contributed by atoms with E-state index in [2.05, 4.69) is 6.58 Å². The summed E-state index contributed by atoms with van der Waals surface area (Å²) in [5.41, 5.74) is 2.38. The van der Waals surface area contributed by atoms with E-state index in [1.165, 1.54) is 12.1 Å². The number of rotatable bonds is 2. The molecule has 0 radical (unpaired) electrons. The van der Waals surface area contributed by atoms with E-state index in [1.807, 2.05) is 6.92 Å². The molecule has 1 nitrogen and oxygen atoms in total. The van der Waals surface area contributed by atoms with Crippen LogP contribution in [0.4, 0.5) is 4.39 Å². The zero-order chi connectivity index (χ0) is 11.9. The molecule has 0 saturated carbocycles. The summed E-state index contributed by atoms with van der Waals surface area (Å²) in [6.07, 6.45) is 1.25. The Labute approximate surface area is 95.0 Å². The highest BCUT2D eigenvalue weighted by molar-refractivity contribution is 5.87. The van der Waals surface area contributed by atoms with E-state index in [-0.39, 0.29) is 11.6 Å². The van der Waals surface area contributed by atoms with E-state index in [9.17, 15) is 9.18 Å². The van der Waals surface area contributed by atoms with Crippen LogP contribution in [0, 0.1) is 11.2 Å². The molecule has 0 fully saturated rings. The Morgan fingerprint density at radius 1 is 1.31 bits per heavy atom. The fraction of sp³-hybridized carbons (Fsp3) is 0.357. The van der Waals surface area contributed by atoms with Gasteiger partial charge >= 0.3 is 0 Å². The number of allylic oxidation sites excluding steroid dienone is 1. The van der Waals surface area contributed by atoms with Crippen LogP contribution in [-0.4, -0.2) is 5.78 Å². The topological polar surface area (TPSA) is 17.1 Å². The van der Waals surface area contributed by atoms with Crippen molar-refractivity contribution in [2.75, 3.05) is 0 Å². The van der Waals surface area contributed by atoms with Crippen molar-refractivity contribution in [1.82, 2.24) is 0 Å². The Hall–Kier alpha value is -1.44. The van der Waals surface area contributed by atoms with Gasteiger partial charge in [-0.15, -0.1) is 0 Å². The number of Topliss-reactive ketones (excluding diaryl/α,β-unsaturated/α-hetero) is 1. The second-order valence-corrected chi connectivity index (χ2v) is 4.69. The third kappa shape index (κ3) is 1.49. The molecule has 1 aliphatic rings. The van der Waals surface area contributed by atoms with Gasteiger partial charge in [0, 0.05) is 0 Å². The number of hydrogen-bond donors (Lipinski definition) is 0. The van der Waals surface area contributed by atoms with Crippen LogP contribution < -0.4 is 0 Å². The monoisotopic (exact) mass is 218 g/mol. The molecular weight excluding hydrogens is 203 g/mol. The Morgan fingerprint density at radius 2 is 1.94 bits per heavy atom. The van der Waals surface area contributed by atoms with Crippen molar-refractivity contribution >= 4 is 5.78 Å². The van der Waals surface area contributed by atoms with Gasteiger partial charge in [0.15, 0.2) is 0 Å². The fourth-order valence-electron chi connectivity index (χ4n) is 2.50. The number of carbonyl (C=O) groups is 1. The minimum atomic E-state index is -0.504. The number of halogens is 1. The molecule has 1 aromatic rings. The highest BCUT2D eigenvalue weighted by Gasteiger charge is 2.42. The zero-order valence-corrected chi connectivity index (χ0v) is 9.64. The van der Waals surface area contributed by atoms with Crippen LogP contribution >= 0.6 is 0 Å². The molecule has 0 bridgehead atoms. The molecule has 1 aromatic carbocycles. The third-order valence-electron chi connectivity index (χ3n) is 3.64. The lowest BCUT2D eigenvalue weighted by atomic mass is 9.75. The lowest BCUT2D eigenvalue weighted by Crippen LogP contribution is -2.30. The van der Waals surface area contributed by atoms with Gasteiger partial charge in [0.2, 0.25) is 0 Å². The van der Waals surface area contributed by atoms with Crippen LogP contribution in [0.15, 0.2) is 30.4 Å². The molecule has 0 heterocycles. The van der Waals surface area contributed by atoms with Gasteiger partial charge in [-0.05, 0) is 49.9 Å². The van der Waals surface area contributed by atoms with Crippen molar-refractivity contribution < 1.29 is 9.18 Å². The summed E-state index contributed by atoms with van der Waals surface area (Å²) in [6, 6.07) is 4.76. The van der Waals surface area contributed by atoms with Crippen molar-refractivity contribution in [2.24, 2.45) is 5.41 Å². The van der Waals surface area contributed by atoms with Crippen LogP contribution in [-0.2, 0) is 17.6 Å². The maximum Gasteiger partial charge on any atom is 0.140 e. The Balaban J connectivity index is 2.46. The summed E-state index contributed by atoms with van der Waals surface area (Å²) < 4.78 is 13.1. The number of ketones is 1. The first-order valence-corrected chi connectivity index (χ1v) is 5.40. The first-order chi connectivity index (χ1) is 7.45. The van der Waals surface area contributed by atoms with Crippen LogP contribution in [0.1, 0.15) is 25.0 Å². The van der Waals surface area contributed by atoms with Crippen molar-refractivity contribution in [3.63, 3.8) is 0 Å². The van der Waals surface area contributed by atoms with Crippen LogP contribution in [0.5, 0.6) is 0 Å². The third-order valence-corrected chi connectivity index (χ3v) is 3.64. The highest BCUT2D eigenvalue weighted by atomic mass is 19.1. The minimum Gasteiger partial charge on any atom is -0.299 e. The zero-order valence-electron chi connectivity index (χ0n) is 9.64. The van der Waals surface area contributed by atoms with Crippen LogP contribution in [0.25, 0.3) is 0 Å². The standard InChI is InChI=1S/C14H15FO/c1-9(2)14(10(3)16)7-11-4-5-13(15)6-12(11)8-14/h4-6H,1,7-8H2,2-3H3. The second-order valence-electron chi connectivity index (χ2n) is 4.69. The molecule has 0 aliphatic heterocycles. The molecule has 0 aromatic heterocycles. The van der Waals surface area contributed by atoms with Gasteiger partial charge in [0.1, 0.15) is 11.6 Å². The van der Waals surface area contributed by atoms with Crippen molar-refractivity contribution in [3.05, 3.63) is 47.3 Å². The van der Waals surface area contributed by atoms with Crippen molar-refractivity contribution in [1.29, 1.82) is 0 Å². The summed E-state index contributed by atoms with van der Waals surface area (Å²) in [4.78, 5) is 11.8. The van der Waals surface area contributed by atoms with E-state index >= 15 is 0 Å². The molecule has 1 unspecified atom stereocenters. The lowest BCUT2D eigenvalue weighted by Gasteiger charge is -2.26. The van der Waals surface area contributed by atoms with Crippen LogP contribution in [0.3, 0.4) is 0 Å². The molecule has 1 aliphatic carbocycles. The van der Waals surface area contributed by atoms with E-state index in [4.69, 9.17) is 0 Å². The molecule has 2 rings (SSSR count). The number of carbonyl (C=O) groups excluding carboxylic acids is 1. The van der Waals surface area contributed by atoms with Gasteiger partial charge in [-0.3, -0.25) is 4.79 Å². The number of fused-ring (bicyclic) bond motifs is 1. The van der Waals surface area contributed by atoms with E-state index in [0.29, 0.717) is 12.8 Å². The van der Waals surface area contributed by atoms with Gasteiger partial charge in [-0.25, -0.2) is 4.39 Å². The van der Waals surface area contributed by atoms with Gasteiger partial charge in [0.05, 0.1) is 5.41 Å². The van der Waals surface area contributed by atoms with Gasteiger partial charge < -0.3 is 0 Å². The predicted octanol–water partition coefficient (Wildman–Crippen LogP) is 3.08. The SMILES string of the molecule is C=C(C)C1(C(C)=O)Cc2ccc(F)cc2C1. The fourth-order valence-corrected chi connectivity index (χ4v) is 2.50. The Morgan fingerprint density at radius 3 is 2.50 bits per heavy atom. The average molecular weight is 218 g/mol. The van der Waals surface area contributed by atoms with Crippen molar-refractivity contribution in [3.8, 4) is 0 Å². The number of benzene rings is 1. The lowest BCUT2D eigenvalue weighted by molar-refractivity contribution is -0.124. The maximum atomic E-state index is 13.1. The second kappa shape index (κ2) is 3.55. The van der Waals surface area contributed by atoms with E-state index in [0.717, 1.165) is 16.7 Å². The first-order valence-electron chi connectivity index (χ1n) is 5.40. The molecule has 0 spiro atoms. The van der Waals surface area contributed by atoms with Gasteiger partial charge in [-0.2, -0.15) is 0 Å². The van der Waals surface area contributed by atoms with E-state index < -0.39 is 5.41 Å². The predicted molar refractivity (Wildman–Crippen MR) is 61.7 cm³/mol. The maximum absolute atomic E-state index is 13.1. The average Bonchev–Trinajstić information content (AvgIpc) is 2.57. The Kier molecular flexibility index (Phi) is 2.45. The molecule has 16 heavy (non-hydrogen) atoms. The summed E-state index contributed by atoms with van der Waals surface area (Å²) in [5, 5.41) is 0.